The van der Waals surface area contributed by atoms with E-state index in [0.29, 0.717) is 11.6 Å². The molecule has 0 aromatic heterocycles. The zero-order valence-corrected chi connectivity index (χ0v) is 12.5. The minimum atomic E-state index is 0.336. The highest BCUT2D eigenvalue weighted by Crippen LogP contribution is 2.28. The van der Waals surface area contributed by atoms with Crippen molar-refractivity contribution in [1.82, 2.24) is 5.32 Å². The third-order valence-corrected chi connectivity index (χ3v) is 2.82. The molecule has 0 unspecified atom stereocenters. The molecule has 0 spiro atoms. The number of ether oxygens (including phenoxy) is 1. The van der Waals surface area contributed by atoms with Crippen molar-refractivity contribution < 1.29 is 4.74 Å². The zero-order chi connectivity index (χ0) is 12.8. The molecule has 0 bridgehead atoms. The molecule has 94 valence electrons. The van der Waals surface area contributed by atoms with Gasteiger partial charge in [0, 0.05) is 21.6 Å². The summed E-state index contributed by atoms with van der Waals surface area (Å²) < 4.78 is 6.74. The summed E-state index contributed by atoms with van der Waals surface area (Å²) in [5.41, 5.74) is 2.21. The van der Waals surface area contributed by atoms with E-state index < -0.39 is 0 Å². The van der Waals surface area contributed by atoms with E-state index in [9.17, 15) is 0 Å². The molecular formula is C13H17BrClNO. The molecule has 0 aliphatic rings. The molecule has 0 saturated carbocycles. The molecular weight excluding hydrogens is 302 g/mol. The minimum absolute atomic E-state index is 0.336. The minimum Gasteiger partial charge on any atom is -0.487 e. The number of nitrogens with one attached hydrogen (secondary N) is 1. The van der Waals surface area contributed by atoms with Gasteiger partial charge in [0.1, 0.15) is 12.4 Å². The van der Waals surface area contributed by atoms with Crippen molar-refractivity contribution in [2.24, 2.45) is 0 Å². The summed E-state index contributed by atoms with van der Waals surface area (Å²) in [6.07, 6.45) is 0. The van der Waals surface area contributed by atoms with Crippen LogP contribution in [0.5, 0.6) is 5.75 Å². The lowest BCUT2D eigenvalue weighted by Gasteiger charge is -2.15. The molecule has 1 aromatic carbocycles. The fourth-order valence-electron chi connectivity index (χ4n) is 1.55. The topological polar surface area (TPSA) is 21.3 Å². The van der Waals surface area contributed by atoms with Crippen LogP contribution in [0.3, 0.4) is 0 Å². The van der Waals surface area contributed by atoms with Gasteiger partial charge < -0.3 is 10.1 Å². The second-order valence-electron chi connectivity index (χ2n) is 3.80. The van der Waals surface area contributed by atoms with Crippen molar-refractivity contribution >= 4 is 27.5 Å². The Labute approximate surface area is 116 Å². The van der Waals surface area contributed by atoms with E-state index >= 15 is 0 Å². The van der Waals surface area contributed by atoms with Crippen LogP contribution in [0, 0.1) is 6.92 Å². The van der Waals surface area contributed by atoms with Gasteiger partial charge in [-0.05, 0) is 31.2 Å². The average molecular weight is 319 g/mol. The maximum absolute atomic E-state index is 5.72. The predicted molar refractivity (Wildman–Crippen MR) is 76.7 cm³/mol. The van der Waals surface area contributed by atoms with Crippen molar-refractivity contribution in [2.75, 3.05) is 13.2 Å². The summed E-state index contributed by atoms with van der Waals surface area (Å²) >= 11 is 9.22. The fraction of sp³-hybridized carbons (Fsp3) is 0.385. The number of benzene rings is 1. The van der Waals surface area contributed by atoms with Gasteiger partial charge in [0.15, 0.2) is 0 Å². The smallest absolute Gasteiger partial charge is 0.127 e. The largest absolute Gasteiger partial charge is 0.487 e. The van der Waals surface area contributed by atoms with Crippen LogP contribution < -0.4 is 10.1 Å². The van der Waals surface area contributed by atoms with Crippen molar-refractivity contribution in [3.63, 3.8) is 0 Å². The summed E-state index contributed by atoms with van der Waals surface area (Å²) in [5.74, 6) is 0.885. The Morgan fingerprint density at radius 3 is 2.82 bits per heavy atom. The molecule has 0 amide bonds. The summed E-state index contributed by atoms with van der Waals surface area (Å²) in [7, 11) is 0. The summed E-state index contributed by atoms with van der Waals surface area (Å²) in [5, 5.41) is 3.79. The zero-order valence-electron chi connectivity index (χ0n) is 10.1. The Bertz CT molecular complexity index is 407. The van der Waals surface area contributed by atoms with Crippen LogP contribution in [0.15, 0.2) is 28.2 Å². The molecule has 0 saturated heterocycles. The van der Waals surface area contributed by atoms with Crippen molar-refractivity contribution in [2.45, 2.75) is 20.4 Å². The van der Waals surface area contributed by atoms with Crippen molar-refractivity contribution in [3.8, 4) is 5.75 Å². The quantitative estimate of drug-likeness (QED) is 0.856. The molecule has 0 radical (unpaired) electrons. The highest BCUT2D eigenvalue weighted by Gasteiger charge is 2.09. The second-order valence-corrected chi connectivity index (χ2v) is 5.25. The Balaban J connectivity index is 2.93. The Morgan fingerprint density at radius 1 is 1.53 bits per heavy atom. The van der Waals surface area contributed by atoms with Crippen LogP contribution in [0.2, 0.25) is 0 Å². The first-order valence-electron chi connectivity index (χ1n) is 5.50. The fourth-order valence-corrected chi connectivity index (χ4v) is 2.22. The number of rotatable bonds is 6. The molecule has 1 aromatic rings. The molecule has 17 heavy (non-hydrogen) atoms. The van der Waals surface area contributed by atoms with E-state index in [-0.39, 0.29) is 0 Å². The summed E-state index contributed by atoms with van der Waals surface area (Å²) in [4.78, 5) is 0. The maximum atomic E-state index is 5.72. The number of hydrogen-bond acceptors (Lipinski definition) is 2. The first-order valence-corrected chi connectivity index (χ1v) is 6.67. The third-order valence-electron chi connectivity index (χ3n) is 2.25. The molecule has 0 fully saturated rings. The second kappa shape index (κ2) is 7.04. The first kappa shape index (κ1) is 14.6. The van der Waals surface area contributed by atoms with Gasteiger partial charge in [0.2, 0.25) is 0 Å². The van der Waals surface area contributed by atoms with Gasteiger partial charge in [0.25, 0.3) is 0 Å². The van der Waals surface area contributed by atoms with Gasteiger partial charge in [0.05, 0.1) is 0 Å². The Kier molecular flexibility index (Phi) is 6.03. The lowest BCUT2D eigenvalue weighted by Crippen LogP contribution is -2.13. The van der Waals surface area contributed by atoms with E-state index in [1.807, 2.05) is 13.0 Å². The van der Waals surface area contributed by atoms with Gasteiger partial charge in [-0.1, -0.05) is 41.0 Å². The standard InChI is InChI=1S/C13H17BrClNO/c1-4-16-7-11-6-12(14)5-9(2)13(11)17-8-10(3)15/h5-6,16H,3-4,7-8H2,1-2H3. The van der Waals surface area contributed by atoms with Crippen molar-refractivity contribution in [1.29, 1.82) is 0 Å². The van der Waals surface area contributed by atoms with Gasteiger partial charge in [-0.25, -0.2) is 0 Å². The van der Waals surface area contributed by atoms with Crippen molar-refractivity contribution in [3.05, 3.63) is 39.3 Å². The van der Waals surface area contributed by atoms with E-state index in [2.05, 4.69) is 40.8 Å². The molecule has 0 aliphatic heterocycles. The molecule has 1 rings (SSSR count). The Morgan fingerprint density at radius 2 is 2.24 bits per heavy atom. The lowest BCUT2D eigenvalue weighted by atomic mass is 10.1. The van der Waals surface area contributed by atoms with Gasteiger partial charge in [-0.3, -0.25) is 0 Å². The van der Waals surface area contributed by atoms with Crippen LogP contribution in [0.25, 0.3) is 0 Å². The molecule has 2 nitrogen and oxygen atoms in total. The van der Waals surface area contributed by atoms with E-state index in [1.54, 1.807) is 0 Å². The number of aryl methyl sites for hydroxylation is 1. The molecule has 4 heteroatoms. The molecule has 0 heterocycles. The average Bonchev–Trinajstić information content (AvgIpc) is 2.24. The van der Waals surface area contributed by atoms with Gasteiger partial charge in [-0.15, -0.1) is 0 Å². The molecule has 0 atom stereocenters. The van der Waals surface area contributed by atoms with E-state index in [4.69, 9.17) is 16.3 Å². The van der Waals surface area contributed by atoms with Crippen LogP contribution in [-0.2, 0) is 6.54 Å². The third kappa shape index (κ3) is 4.70. The SMILES string of the molecule is C=C(Cl)COc1c(C)cc(Br)cc1CNCC. The van der Waals surface area contributed by atoms with Crippen LogP contribution in [0.1, 0.15) is 18.1 Å². The number of hydrogen-bond donors (Lipinski definition) is 1. The summed E-state index contributed by atoms with van der Waals surface area (Å²) in [6, 6.07) is 4.09. The van der Waals surface area contributed by atoms with Gasteiger partial charge >= 0.3 is 0 Å². The first-order chi connectivity index (χ1) is 8.04. The molecule has 1 N–H and O–H groups in total. The monoisotopic (exact) mass is 317 g/mol. The van der Waals surface area contributed by atoms with E-state index in [0.717, 1.165) is 34.4 Å². The predicted octanol–water partition coefficient (Wildman–Crippen LogP) is 4.00. The highest BCUT2D eigenvalue weighted by atomic mass is 79.9. The Hall–Kier alpha value is -0.510. The number of halogens is 2. The van der Waals surface area contributed by atoms with Crippen LogP contribution in [-0.4, -0.2) is 13.2 Å². The molecule has 0 aliphatic carbocycles. The normalized spacial score (nSPS) is 10.4. The van der Waals surface area contributed by atoms with Crippen LogP contribution >= 0.6 is 27.5 Å². The van der Waals surface area contributed by atoms with E-state index in [1.165, 1.54) is 0 Å². The lowest BCUT2D eigenvalue weighted by molar-refractivity contribution is 0.352. The van der Waals surface area contributed by atoms with Gasteiger partial charge in [-0.2, -0.15) is 0 Å². The summed E-state index contributed by atoms with van der Waals surface area (Å²) in [6.45, 7) is 9.76. The van der Waals surface area contributed by atoms with Crippen LogP contribution in [0.4, 0.5) is 0 Å². The maximum Gasteiger partial charge on any atom is 0.127 e. The highest BCUT2D eigenvalue weighted by molar-refractivity contribution is 9.10.